The summed E-state index contributed by atoms with van der Waals surface area (Å²) in [6, 6.07) is 5.98. The largest absolute Gasteiger partial charge is 0.387 e. The molecule has 0 saturated carbocycles. The van der Waals surface area contributed by atoms with Gasteiger partial charge >= 0.3 is 0 Å². The Morgan fingerprint density at radius 3 is 2.77 bits per heavy atom. The Morgan fingerprint density at radius 2 is 2.14 bits per heavy atom. The van der Waals surface area contributed by atoms with Gasteiger partial charge in [-0.1, -0.05) is 37.6 Å². The second-order valence-corrected chi connectivity index (χ2v) is 5.99. The number of nitrogens with zero attached hydrogens (tertiary/aromatic N) is 2. The lowest BCUT2D eigenvalue weighted by Crippen LogP contribution is -2.21. The van der Waals surface area contributed by atoms with Crippen molar-refractivity contribution in [2.24, 2.45) is 7.05 Å². The van der Waals surface area contributed by atoms with Gasteiger partial charge in [0.25, 0.3) is 0 Å². The predicted octanol–water partition coefficient (Wildman–Crippen LogP) is 3.16. The van der Waals surface area contributed by atoms with Crippen LogP contribution in [0.3, 0.4) is 0 Å². The van der Waals surface area contributed by atoms with Crippen LogP contribution in [0.4, 0.5) is 4.39 Å². The summed E-state index contributed by atoms with van der Waals surface area (Å²) in [6.45, 7) is 4.94. The van der Waals surface area contributed by atoms with Crippen LogP contribution in [0.2, 0.25) is 5.15 Å². The molecular formula is C16H21ClFN3O. The van der Waals surface area contributed by atoms with Crippen molar-refractivity contribution in [3.05, 3.63) is 52.1 Å². The fraction of sp³-hybridized carbons (Fsp3) is 0.438. The van der Waals surface area contributed by atoms with Crippen LogP contribution in [0.15, 0.2) is 24.3 Å². The van der Waals surface area contributed by atoms with Crippen molar-refractivity contribution in [2.75, 3.05) is 6.54 Å². The van der Waals surface area contributed by atoms with E-state index in [1.165, 1.54) is 12.1 Å². The first kappa shape index (κ1) is 16.9. The highest BCUT2D eigenvalue weighted by atomic mass is 35.5. The van der Waals surface area contributed by atoms with Gasteiger partial charge in [0.1, 0.15) is 11.0 Å². The van der Waals surface area contributed by atoms with Crippen LogP contribution in [0.1, 0.15) is 42.7 Å². The summed E-state index contributed by atoms with van der Waals surface area (Å²) in [7, 11) is 1.80. The molecular weight excluding hydrogens is 305 g/mol. The molecule has 1 aromatic heterocycles. The first-order chi connectivity index (χ1) is 10.4. The lowest BCUT2D eigenvalue weighted by molar-refractivity contribution is 0.174. The Bertz CT molecular complexity index is 642. The normalized spacial score (nSPS) is 12.9. The molecule has 1 heterocycles. The number of benzene rings is 1. The maximum atomic E-state index is 13.2. The van der Waals surface area contributed by atoms with Crippen molar-refractivity contribution in [3.63, 3.8) is 0 Å². The average molecular weight is 326 g/mol. The average Bonchev–Trinajstić information content (AvgIpc) is 2.75. The summed E-state index contributed by atoms with van der Waals surface area (Å²) in [4.78, 5) is 0. The summed E-state index contributed by atoms with van der Waals surface area (Å²) in [5, 5.41) is 18.3. The topological polar surface area (TPSA) is 50.1 Å². The van der Waals surface area contributed by atoms with E-state index < -0.39 is 6.10 Å². The minimum absolute atomic E-state index is 0.267. The van der Waals surface area contributed by atoms with Gasteiger partial charge in [-0.25, -0.2) is 4.39 Å². The first-order valence-corrected chi connectivity index (χ1v) is 7.63. The van der Waals surface area contributed by atoms with Crippen LogP contribution in [-0.2, 0) is 13.6 Å². The van der Waals surface area contributed by atoms with Crippen molar-refractivity contribution < 1.29 is 9.50 Å². The zero-order chi connectivity index (χ0) is 16.3. The molecule has 0 aliphatic rings. The molecule has 2 rings (SSSR count). The fourth-order valence-corrected chi connectivity index (χ4v) is 2.56. The van der Waals surface area contributed by atoms with Crippen LogP contribution in [0, 0.1) is 5.82 Å². The molecule has 0 bridgehead atoms. The number of halogens is 2. The van der Waals surface area contributed by atoms with E-state index in [1.807, 2.05) is 0 Å². The van der Waals surface area contributed by atoms with Gasteiger partial charge in [0.05, 0.1) is 11.8 Å². The SMILES string of the molecule is CC(C)c1nn(C)c(Cl)c1CNC[C@H](O)c1cccc(F)c1. The summed E-state index contributed by atoms with van der Waals surface area (Å²) in [5.74, 6) is -0.0856. The molecule has 2 N–H and O–H groups in total. The standard InChI is InChI=1S/C16H21ClFN3O/c1-10(2)15-13(16(17)21(3)20-15)8-19-9-14(22)11-5-4-6-12(18)7-11/h4-7,10,14,19,22H,8-9H2,1-3H3/t14-/m0/s1. The Kier molecular flexibility index (Phi) is 5.56. The number of aliphatic hydroxyl groups is 1. The molecule has 1 atom stereocenters. The molecule has 0 spiro atoms. The highest BCUT2D eigenvalue weighted by Gasteiger charge is 2.17. The fourth-order valence-electron chi connectivity index (χ4n) is 2.36. The van der Waals surface area contributed by atoms with Gasteiger partial charge in [0.15, 0.2) is 0 Å². The lowest BCUT2D eigenvalue weighted by atomic mass is 10.1. The van der Waals surface area contributed by atoms with Crippen molar-refractivity contribution in [1.82, 2.24) is 15.1 Å². The van der Waals surface area contributed by atoms with Crippen LogP contribution in [0.5, 0.6) is 0 Å². The number of hydrogen-bond donors (Lipinski definition) is 2. The van der Waals surface area contributed by atoms with E-state index in [0.717, 1.165) is 11.3 Å². The Labute approximate surface area is 134 Å². The van der Waals surface area contributed by atoms with Gasteiger partial charge < -0.3 is 10.4 Å². The maximum absolute atomic E-state index is 13.2. The molecule has 6 heteroatoms. The quantitative estimate of drug-likeness (QED) is 0.857. The van der Waals surface area contributed by atoms with Crippen molar-refractivity contribution in [2.45, 2.75) is 32.4 Å². The van der Waals surface area contributed by atoms with Gasteiger partial charge in [0, 0.05) is 25.7 Å². The zero-order valence-electron chi connectivity index (χ0n) is 13.0. The number of hydrogen-bond acceptors (Lipinski definition) is 3. The number of aliphatic hydroxyl groups excluding tert-OH is 1. The van der Waals surface area contributed by atoms with E-state index in [9.17, 15) is 9.50 Å². The van der Waals surface area contributed by atoms with Crippen LogP contribution >= 0.6 is 11.6 Å². The van der Waals surface area contributed by atoms with Gasteiger partial charge in [-0.15, -0.1) is 0 Å². The van der Waals surface area contributed by atoms with E-state index in [1.54, 1.807) is 23.9 Å². The third-order valence-corrected chi connectivity index (χ3v) is 3.99. The number of aromatic nitrogens is 2. The van der Waals surface area contributed by atoms with E-state index in [-0.39, 0.29) is 11.7 Å². The lowest BCUT2D eigenvalue weighted by Gasteiger charge is -2.13. The van der Waals surface area contributed by atoms with Crippen molar-refractivity contribution in [3.8, 4) is 0 Å². The third kappa shape index (κ3) is 3.85. The molecule has 120 valence electrons. The van der Waals surface area contributed by atoms with Gasteiger partial charge in [-0.3, -0.25) is 4.68 Å². The Morgan fingerprint density at radius 1 is 1.41 bits per heavy atom. The van der Waals surface area contributed by atoms with Gasteiger partial charge in [-0.05, 0) is 23.6 Å². The number of nitrogens with one attached hydrogen (secondary N) is 1. The van der Waals surface area contributed by atoms with E-state index in [2.05, 4.69) is 24.3 Å². The minimum atomic E-state index is -0.770. The second kappa shape index (κ2) is 7.22. The van der Waals surface area contributed by atoms with Crippen LogP contribution in [-0.4, -0.2) is 21.4 Å². The molecule has 1 aromatic carbocycles. The predicted molar refractivity (Wildman–Crippen MR) is 85.4 cm³/mol. The van der Waals surface area contributed by atoms with Crippen molar-refractivity contribution in [1.29, 1.82) is 0 Å². The second-order valence-electron chi connectivity index (χ2n) is 5.63. The van der Waals surface area contributed by atoms with Crippen LogP contribution < -0.4 is 5.32 Å². The molecule has 2 aromatic rings. The van der Waals surface area contributed by atoms with Gasteiger partial charge in [0.2, 0.25) is 0 Å². The van der Waals surface area contributed by atoms with E-state index in [4.69, 9.17) is 11.6 Å². The van der Waals surface area contributed by atoms with E-state index in [0.29, 0.717) is 23.8 Å². The van der Waals surface area contributed by atoms with E-state index >= 15 is 0 Å². The highest BCUT2D eigenvalue weighted by Crippen LogP contribution is 2.25. The molecule has 0 fully saturated rings. The summed E-state index contributed by atoms with van der Waals surface area (Å²) in [6.07, 6.45) is -0.770. The first-order valence-electron chi connectivity index (χ1n) is 7.25. The van der Waals surface area contributed by atoms with Crippen molar-refractivity contribution >= 4 is 11.6 Å². The molecule has 0 aliphatic heterocycles. The molecule has 4 nitrogen and oxygen atoms in total. The molecule has 0 aliphatic carbocycles. The smallest absolute Gasteiger partial charge is 0.131 e. The molecule has 0 saturated heterocycles. The Hall–Kier alpha value is -1.43. The summed E-state index contributed by atoms with van der Waals surface area (Å²) < 4.78 is 14.8. The number of aryl methyl sites for hydroxylation is 1. The van der Waals surface area contributed by atoms with Gasteiger partial charge in [-0.2, -0.15) is 5.10 Å². The zero-order valence-corrected chi connectivity index (χ0v) is 13.7. The molecule has 22 heavy (non-hydrogen) atoms. The Balaban J connectivity index is 1.99. The third-order valence-electron chi connectivity index (χ3n) is 3.52. The van der Waals surface area contributed by atoms with Crippen LogP contribution in [0.25, 0.3) is 0 Å². The summed E-state index contributed by atoms with van der Waals surface area (Å²) >= 11 is 6.26. The maximum Gasteiger partial charge on any atom is 0.131 e. The summed E-state index contributed by atoms with van der Waals surface area (Å²) in [5.41, 5.74) is 2.43. The molecule has 0 radical (unpaired) electrons. The molecule has 0 unspecified atom stereocenters. The molecule has 0 amide bonds. The highest BCUT2D eigenvalue weighted by molar-refractivity contribution is 6.30. The number of rotatable bonds is 6. The minimum Gasteiger partial charge on any atom is -0.387 e. The monoisotopic (exact) mass is 325 g/mol.